The molecule has 0 amide bonds. The fraction of sp³-hybridized carbons (Fsp3) is 0.447. The van der Waals surface area contributed by atoms with Crippen LogP contribution in [-0.2, 0) is 57.2 Å². The summed E-state index contributed by atoms with van der Waals surface area (Å²) in [5.41, 5.74) is -27.0. The Morgan fingerprint density at radius 3 is 0.701 bits per heavy atom. The molecular weight excluding hydrogens is 1680 g/mol. The number of benzene rings is 4. The highest BCUT2D eigenvalue weighted by atomic mass is 32.2. The SMILES string of the molecule is O=[N+]([O-])c1cc(S(=O)(=O)OCC(F)(F)C(F)(F)C(F)(F)C(F)F)cc2c1-c1c(cc(S(=O)(=O)OCC(F)(F)C(F)(F)C(F)(F)C(F)F)cc1[N+](=O)[O-])C2=CC1c2cc(S(=O)(=O)OCC(F)(F)C(F)(F)C(F)(F)C(F)F)cc([N+](=O)[O-])c2-c2c1cc(S(=O)(=O)OCC(F)(F)C(F)(F)C(F)(F)C(F)F)cc2[N+](=O)[O-]. The van der Waals surface area contributed by atoms with Crippen LogP contribution in [0, 0.1) is 40.5 Å². The van der Waals surface area contributed by atoms with E-state index in [-0.39, 0.29) is 0 Å². The first-order valence-corrected chi connectivity index (χ1v) is 31.6. The molecule has 107 heavy (non-hydrogen) atoms. The third-order valence-corrected chi connectivity index (χ3v) is 19.6. The number of nitrogens with zero attached hydrogens (tertiary/aromatic N) is 4. The van der Waals surface area contributed by atoms with Crippen molar-refractivity contribution in [3.63, 3.8) is 0 Å². The lowest BCUT2D eigenvalue weighted by molar-refractivity contribution is -0.386. The van der Waals surface area contributed by atoms with Crippen LogP contribution in [0.25, 0.3) is 27.8 Å². The van der Waals surface area contributed by atoms with E-state index in [0.717, 1.165) is 0 Å². The molecule has 598 valence electrons. The lowest BCUT2D eigenvalue weighted by atomic mass is 9.91. The van der Waals surface area contributed by atoms with E-state index in [1.165, 1.54) is 0 Å². The van der Waals surface area contributed by atoms with Gasteiger partial charge >= 0.3 is 96.8 Å². The van der Waals surface area contributed by atoms with Gasteiger partial charge in [-0.05, 0) is 52.1 Å². The minimum Gasteiger partial charge on any atom is -0.260 e. The number of nitro benzene ring substituents is 4. The molecule has 0 saturated carbocycles. The van der Waals surface area contributed by atoms with Gasteiger partial charge in [0.05, 0.1) is 41.9 Å². The van der Waals surface area contributed by atoms with Crippen molar-refractivity contribution >= 4 is 68.8 Å². The molecule has 0 atom stereocenters. The summed E-state index contributed by atoms with van der Waals surface area (Å²) in [6.07, 6.45) is -23.6. The van der Waals surface area contributed by atoms with E-state index in [2.05, 4.69) is 16.7 Å². The first-order chi connectivity index (χ1) is 47.7. The van der Waals surface area contributed by atoms with Crippen molar-refractivity contribution in [2.45, 2.75) is 122 Å². The summed E-state index contributed by atoms with van der Waals surface area (Å²) >= 11 is 0. The number of allylic oxidation sites excluding steroid dienone is 1. The minimum absolute atomic E-state index is 0.399. The predicted molar refractivity (Wildman–Crippen MR) is 275 cm³/mol. The zero-order valence-electron chi connectivity index (χ0n) is 49.1. The molecule has 0 saturated heterocycles. The molecule has 2 aliphatic rings. The zero-order chi connectivity index (χ0) is 83.0. The van der Waals surface area contributed by atoms with Gasteiger partial charge in [0.25, 0.3) is 63.2 Å². The second-order valence-electron chi connectivity index (χ2n) is 21.3. The van der Waals surface area contributed by atoms with Crippen LogP contribution in [0.3, 0.4) is 0 Å². The number of rotatable bonds is 33. The number of alkyl halides is 32. The molecule has 24 nitrogen and oxygen atoms in total. The number of halogens is 32. The van der Waals surface area contributed by atoms with Gasteiger partial charge in [-0.25, -0.2) is 35.1 Å². The molecule has 0 spiro atoms. The van der Waals surface area contributed by atoms with Crippen LogP contribution in [0.1, 0.15) is 28.2 Å². The lowest BCUT2D eigenvalue weighted by Gasteiger charge is -2.31. The topological polar surface area (TPSA) is 346 Å². The van der Waals surface area contributed by atoms with Gasteiger partial charge in [-0.15, -0.1) is 0 Å². The maximum atomic E-state index is 14.8. The second-order valence-corrected chi connectivity index (χ2v) is 27.8. The summed E-state index contributed by atoms with van der Waals surface area (Å²) in [5, 5.41) is 51.9. The number of hydrogen-bond acceptors (Lipinski definition) is 20. The number of hydrogen-bond donors (Lipinski definition) is 0. The summed E-state index contributed by atoms with van der Waals surface area (Å²) < 4.78 is 571. The van der Waals surface area contributed by atoms with Crippen molar-refractivity contribution in [1.29, 1.82) is 0 Å². The Morgan fingerprint density at radius 1 is 0.327 bits per heavy atom. The molecule has 0 radical (unpaired) electrons. The Balaban J connectivity index is 1.86. The Morgan fingerprint density at radius 2 is 0.514 bits per heavy atom. The summed E-state index contributed by atoms with van der Waals surface area (Å²) in [6, 6.07) is -4.98. The van der Waals surface area contributed by atoms with Crippen LogP contribution in [-0.4, -0.2) is 177 Å². The summed E-state index contributed by atoms with van der Waals surface area (Å²) in [6.45, 7) is -15.4. The second kappa shape index (κ2) is 27.3. The van der Waals surface area contributed by atoms with Crippen LogP contribution >= 0.6 is 0 Å². The van der Waals surface area contributed by atoms with E-state index < -0.39 is 336 Å². The van der Waals surface area contributed by atoms with Gasteiger partial charge in [0, 0.05) is 30.2 Å². The number of fused-ring (bicyclic) bond motifs is 6. The number of nitro groups is 4. The van der Waals surface area contributed by atoms with E-state index >= 15 is 0 Å². The Kier molecular flexibility index (Phi) is 22.4. The van der Waals surface area contributed by atoms with Gasteiger partial charge in [0.15, 0.2) is 0 Å². The monoisotopic (exact) mass is 1700 g/mol. The molecule has 2 aliphatic carbocycles. The zero-order valence-corrected chi connectivity index (χ0v) is 52.4. The fourth-order valence-electron chi connectivity index (χ4n) is 9.19. The molecule has 0 heterocycles. The molecule has 60 heteroatoms. The van der Waals surface area contributed by atoms with Crippen molar-refractivity contribution in [3.05, 3.63) is 117 Å². The van der Waals surface area contributed by atoms with Crippen molar-refractivity contribution < 1.29 is 211 Å². The smallest absolute Gasteiger partial charge is 0.260 e. The quantitative estimate of drug-likeness (QED) is 0.0163. The average Bonchev–Trinajstić information content (AvgIpc) is 1.54. The first kappa shape index (κ1) is 87.5. The molecule has 0 aromatic heterocycles. The van der Waals surface area contributed by atoms with Crippen molar-refractivity contribution in [1.82, 2.24) is 0 Å². The molecule has 0 N–H and O–H groups in total. The minimum atomic E-state index is -7.48. The van der Waals surface area contributed by atoms with Crippen LogP contribution in [0.5, 0.6) is 0 Å². The molecule has 6 rings (SSSR count). The van der Waals surface area contributed by atoms with E-state index in [0.29, 0.717) is 0 Å². The average molecular weight is 1700 g/mol. The molecule has 0 fully saturated rings. The van der Waals surface area contributed by atoms with Crippen LogP contribution < -0.4 is 0 Å². The van der Waals surface area contributed by atoms with Gasteiger partial charge in [0.2, 0.25) is 0 Å². The summed E-state index contributed by atoms with van der Waals surface area (Å²) in [5.74, 6) is -90.0. The molecule has 4 aromatic carbocycles. The fourth-order valence-corrected chi connectivity index (χ4v) is 13.0. The third-order valence-electron chi connectivity index (χ3n) is 14.6. The standard InChI is InChI=1S/C47H22F32N4O20S4/c48-32(49)40(64,65)44(72,73)36(56,57)10-100-104(92,93)14-1-20-18(21-2-15(6-25(81(86)87)29(21)28(20)24(5-14)80(84)85)105(94,95)101-11-37(58,59)45(74,75)41(66,67)33(50)51)9-19-22-3-16(106(96,97)102-12-38(60,61)46(76,77)42(68,69)34(52)53)7-26(82(88)89)30(22)31-23(19)4-17(8-27(31)83(90)91)107(98,99)103-13-39(62,63)47(78,79)43(70,71)35(54)55/h1-9,18,32-35H,10-13H2. The van der Waals surface area contributed by atoms with Crippen LogP contribution in [0.4, 0.5) is 163 Å². The highest BCUT2D eigenvalue weighted by Crippen LogP contribution is 2.61. The molecular formula is C47H22F32N4O20S4. The van der Waals surface area contributed by atoms with Crippen molar-refractivity contribution in [2.75, 3.05) is 26.4 Å². The van der Waals surface area contributed by atoms with Crippen LogP contribution in [0.2, 0.25) is 0 Å². The first-order valence-electron chi connectivity index (χ1n) is 26.0. The van der Waals surface area contributed by atoms with Gasteiger partial charge < -0.3 is 0 Å². The Bertz CT molecular complexity index is 4540. The predicted octanol–water partition coefficient (Wildman–Crippen LogP) is 14.0. The molecule has 0 aliphatic heterocycles. The third kappa shape index (κ3) is 14.6. The van der Waals surface area contributed by atoms with E-state index in [9.17, 15) is 215 Å². The maximum Gasteiger partial charge on any atom is 0.380 e. The molecule has 0 bridgehead atoms. The lowest BCUT2D eigenvalue weighted by Crippen LogP contribution is -2.59. The van der Waals surface area contributed by atoms with Gasteiger partial charge in [-0.3, -0.25) is 57.2 Å². The highest BCUT2D eigenvalue weighted by molar-refractivity contribution is 7.87. The van der Waals surface area contributed by atoms with Gasteiger partial charge in [-0.1, -0.05) is 6.08 Å². The Hall–Kier alpha value is -8.38. The van der Waals surface area contributed by atoms with Crippen molar-refractivity contribution in [3.8, 4) is 22.3 Å². The van der Waals surface area contributed by atoms with Crippen LogP contribution in [0.15, 0.2) is 74.2 Å². The molecule has 0 unspecified atom stereocenters. The highest BCUT2D eigenvalue weighted by Gasteiger charge is 2.79. The normalized spacial score (nSPS) is 15.2. The maximum absolute atomic E-state index is 14.8. The Labute approximate surface area is 566 Å². The van der Waals surface area contributed by atoms with Crippen molar-refractivity contribution in [2.24, 2.45) is 0 Å². The van der Waals surface area contributed by atoms with E-state index in [1.807, 2.05) is 0 Å². The molecule has 4 aromatic rings. The summed E-state index contributed by atoms with van der Waals surface area (Å²) in [4.78, 5) is 33.7. The largest absolute Gasteiger partial charge is 0.380 e. The summed E-state index contributed by atoms with van der Waals surface area (Å²) in [7, 11) is -28.1. The van der Waals surface area contributed by atoms with Gasteiger partial charge in [-0.2, -0.15) is 139 Å². The van der Waals surface area contributed by atoms with E-state index in [1.54, 1.807) is 0 Å². The van der Waals surface area contributed by atoms with E-state index in [4.69, 9.17) is 0 Å². The van der Waals surface area contributed by atoms with Gasteiger partial charge in [0.1, 0.15) is 46.0 Å².